The van der Waals surface area contributed by atoms with Gasteiger partial charge in [-0.05, 0) is 31.4 Å². The SMILES string of the molecule is CCCCOC(=O)C1=C(C)NC2=C(C(=O)SC2)C1c1ccccc1C. The highest BCUT2D eigenvalue weighted by molar-refractivity contribution is 8.14. The molecule has 25 heavy (non-hydrogen) atoms. The summed E-state index contributed by atoms with van der Waals surface area (Å²) in [6, 6.07) is 7.93. The van der Waals surface area contributed by atoms with Crippen LogP contribution in [0.2, 0.25) is 0 Å². The minimum Gasteiger partial charge on any atom is -0.462 e. The molecule has 4 nitrogen and oxygen atoms in total. The molecular formula is C20H23NO3S. The first-order valence-corrected chi connectivity index (χ1v) is 9.63. The Bertz CT molecular complexity index is 779. The van der Waals surface area contributed by atoms with Crippen molar-refractivity contribution in [3.8, 4) is 0 Å². The maximum atomic E-state index is 12.8. The number of carbonyl (C=O) groups excluding carboxylic acids is 2. The van der Waals surface area contributed by atoms with Gasteiger partial charge in [-0.25, -0.2) is 4.79 Å². The van der Waals surface area contributed by atoms with Gasteiger partial charge in [-0.3, -0.25) is 4.79 Å². The van der Waals surface area contributed by atoms with Crippen LogP contribution in [-0.4, -0.2) is 23.4 Å². The Kier molecular flexibility index (Phi) is 5.33. The number of hydrogen-bond acceptors (Lipinski definition) is 5. The molecular weight excluding hydrogens is 334 g/mol. The molecule has 0 saturated carbocycles. The molecule has 2 aliphatic rings. The van der Waals surface area contributed by atoms with E-state index < -0.39 is 0 Å². The van der Waals surface area contributed by atoms with Gasteiger partial charge in [-0.15, -0.1) is 0 Å². The van der Waals surface area contributed by atoms with Gasteiger partial charge in [0.2, 0.25) is 5.12 Å². The largest absolute Gasteiger partial charge is 0.462 e. The zero-order valence-electron chi connectivity index (χ0n) is 14.8. The summed E-state index contributed by atoms with van der Waals surface area (Å²) < 4.78 is 5.49. The third-order valence-electron chi connectivity index (χ3n) is 4.66. The minimum absolute atomic E-state index is 0.0436. The van der Waals surface area contributed by atoms with Crippen molar-refractivity contribution in [1.82, 2.24) is 5.32 Å². The molecule has 132 valence electrons. The zero-order chi connectivity index (χ0) is 18.0. The summed E-state index contributed by atoms with van der Waals surface area (Å²) in [5.41, 5.74) is 5.02. The number of thioether (sulfide) groups is 1. The molecule has 0 aromatic heterocycles. The Morgan fingerprint density at radius 3 is 2.80 bits per heavy atom. The molecule has 1 N–H and O–H groups in total. The van der Waals surface area contributed by atoms with Crippen molar-refractivity contribution in [2.75, 3.05) is 12.4 Å². The Balaban J connectivity index is 2.05. The lowest BCUT2D eigenvalue weighted by Crippen LogP contribution is -2.30. The number of hydrogen-bond donors (Lipinski definition) is 1. The monoisotopic (exact) mass is 357 g/mol. The first-order chi connectivity index (χ1) is 12.0. The highest BCUT2D eigenvalue weighted by atomic mass is 32.2. The summed E-state index contributed by atoms with van der Waals surface area (Å²) in [7, 11) is 0. The van der Waals surface area contributed by atoms with E-state index in [2.05, 4.69) is 12.2 Å². The number of nitrogens with one attached hydrogen (secondary N) is 1. The smallest absolute Gasteiger partial charge is 0.336 e. The van der Waals surface area contributed by atoms with Gasteiger partial charge < -0.3 is 10.1 Å². The van der Waals surface area contributed by atoms with Gasteiger partial charge in [0.1, 0.15) is 0 Å². The number of dihydropyridines is 1. The van der Waals surface area contributed by atoms with E-state index in [-0.39, 0.29) is 17.0 Å². The van der Waals surface area contributed by atoms with E-state index in [4.69, 9.17) is 4.74 Å². The summed E-state index contributed by atoms with van der Waals surface area (Å²) in [5, 5.41) is 3.31. The molecule has 1 aromatic carbocycles. The second kappa shape index (κ2) is 7.48. The lowest BCUT2D eigenvalue weighted by Gasteiger charge is -2.29. The molecule has 0 saturated heterocycles. The van der Waals surface area contributed by atoms with Crippen molar-refractivity contribution in [2.24, 2.45) is 0 Å². The molecule has 2 aliphatic heterocycles. The molecule has 0 aliphatic carbocycles. The number of ether oxygens (including phenoxy) is 1. The summed E-state index contributed by atoms with van der Waals surface area (Å²) in [5.74, 6) is -0.0523. The van der Waals surface area contributed by atoms with Crippen LogP contribution in [0.1, 0.15) is 43.7 Å². The second-order valence-electron chi connectivity index (χ2n) is 6.41. The van der Waals surface area contributed by atoms with Crippen LogP contribution in [0.25, 0.3) is 0 Å². The van der Waals surface area contributed by atoms with Gasteiger partial charge in [-0.2, -0.15) is 0 Å². The van der Waals surface area contributed by atoms with E-state index in [1.165, 1.54) is 11.8 Å². The predicted octanol–water partition coefficient (Wildman–Crippen LogP) is 3.83. The van der Waals surface area contributed by atoms with Crippen LogP contribution in [0.3, 0.4) is 0 Å². The summed E-state index contributed by atoms with van der Waals surface area (Å²) in [6.45, 7) is 6.36. The van der Waals surface area contributed by atoms with Gasteiger partial charge in [0, 0.05) is 28.6 Å². The van der Waals surface area contributed by atoms with Crippen LogP contribution < -0.4 is 5.32 Å². The normalized spacial score (nSPS) is 19.8. The van der Waals surface area contributed by atoms with E-state index in [1.807, 2.05) is 38.1 Å². The van der Waals surface area contributed by atoms with Crippen LogP contribution >= 0.6 is 11.8 Å². The average Bonchev–Trinajstić information content (AvgIpc) is 2.95. The molecule has 0 bridgehead atoms. The molecule has 1 unspecified atom stereocenters. The number of aryl methyl sites for hydroxylation is 1. The van der Waals surface area contributed by atoms with Crippen molar-refractivity contribution < 1.29 is 14.3 Å². The van der Waals surface area contributed by atoms with E-state index in [0.717, 1.165) is 35.4 Å². The molecule has 1 atom stereocenters. The number of benzene rings is 1. The zero-order valence-corrected chi connectivity index (χ0v) is 15.7. The van der Waals surface area contributed by atoms with Crippen LogP contribution in [0, 0.1) is 6.92 Å². The average molecular weight is 357 g/mol. The fraction of sp³-hybridized carbons (Fsp3) is 0.400. The lowest BCUT2D eigenvalue weighted by molar-refractivity contribution is -0.139. The number of allylic oxidation sites excluding steroid dienone is 1. The van der Waals surface area contributed by atoms with E-state index in [0.29, 0.717) is 23.5 Å². The van der Waals surface area contributed by atoms with E-state index in [1.54, 1.807) is 0 Å². The maximum Gasteiger partial charge on any atom is 0.336 e. The van der Waals surface area contributed by atoms with Crippen LogP contribution in [0.15, 0.2) is 46.8 Å². The summed E-state index contributed by atoms with van der Waals surface area (Å²) in [6.07, 6.45) is 1.80. The van der Waals surface area contributed by atoms with Crippen molar-refractivity contribution in [1.29, 1.82) is 0 Å². The Labute approximate surface area is 152 Å². The van der Waals surface area contributed by atoms with Crippen molar-refractivity contribution in [3.05, 3.63) is 57.9 Å². The standard InChI is InChI=1S/C20H23NO3S/c1-4-5-10-24-19(22)16-13(3)21-15-11-25-20(23)18(15)17(16)14-9-7-6-8-12(14)2/h6-9,17,21H,4-5,10-11H2,1-3H3. The summed E-state index contributed by atoms with van der Waals surface area (Å²) >= 11 is 1.29. The van der Waals surface area contributed by atoms with Crippen molar-refractivity contribution in [2.45, 2.75) is 39.5 Å². The Morgan fingerprint density at radius 1 is 1.32 bits per heavy atom. The molecule has 0 amide bonds. The number of carbonyl (C=O) groups is 2. The molecule has 0 spiro atoms. The van der Waals surface area contributed by atoms with E-state index in [9.17, 15) is 9.59 Å². The topological polar surface area (TPSA) is 55.4 Å². The summed E-state index contributed by atoms with van der Waals surface area (Å²) in [4.78, 5) is 25.3. The molecule has 3 rings (SSSR count). The van der Waals surface area contributed by atoms with Crippen molar-refractivity contribution in [3.63, 3.8) is 0 Å². The molecule has 2 heterocycles. The van der Waals surface area contributed by atoms with Gasteiger partial charge in [0.25, 0.3) is 0 Å². The predicted molar refractivity (Wildman–Crippen MR) is 100 cm³/mol. The van der Waals surface area contributed by atoms with Gasteiger partial charge in [0.05, 0.1) is 12.2 Å². The Morgan fingerprint density at radius 2 is 2.08 bits per heavy atom. The fourth-order valence-electron chi connectivity index (χ4n) is 3.35. The van der Waals surface area contributed by atoms with Gasteiger partial charge in [-0.1, -0.05) is 49.4 Å². The van der Waals surface area contributed by atoms with Crippen LogP contribution in [-0.2, 0) is 14.3 Å². The molecule has 0 fully saturated rings. The minimum atomic E-state index is -0.353. The lowest BCUT2D eigenvalue weighted by atomic mass is 9.79. The Hall–Kier alpha value is -2.01. The first kappa shape index (κ1) is 17.8. The molecule has 5 heteroatoms. The number of unbranched alkanes of at least 4 members (excludes halogenated alkanes) is 1. The number of esters is 1. The third-order valence-corrected chi connectivity index (χ3v) is 5.58. The second-order valence-corrected chi connectivity index (χ2v) is 7.36. The highest BCUT2D eigenvalue weighted by Gasteiger charge is 2.41. The molecule has 0 radical (unpaired) electrons. The van der Waals surface area contributed by atoms with Gasteiger partial charge >= 0.3 is 5.97 Å². The maximum absolute atomic E-state index is 12.8. The van der Waals surface area contributed by atoms with Crippen LogP contribution in [0.4, 0.5) is 0 Å². The quantitative estimate of drug-likeness (QED) is 0.641. The van der Waals surface area contributed by atoms with E-state index >= 15 is 0 Å². The third kappa shape index (κ3) is 3.38. The fourth-order valence-corrected chi connectivity index (χ4v) is 4.25. The van der Waals surface area contributed by atoms with Gasteiger partial charge in [0.15, 0.2) is 0 Å². The highest BCUT2D eigenvalue weighted by Crippen LogP contribution is 2.45. The van der Waals surface area contributed by atoms with Crippen LogP contribution in [0.5, 0.6) is 0 Å². The first-order valence-electron chi connectivity index (χ1n) is 8.65. The number of rotatable bonds is 5. The molecule has 1 aromatic rings. The van der Waals surface area contributed by atoms with Crippen molar-refractivity contribution >= 4 is 22.8 Å².